The molecule has 0 saturated heterocycles. The summed E-state index contributed by atoms with van der Waals surface area (Å²) in [6, 6.07) is -0.231. The summed E-state index contributed by atoms with van der Waals surface area (Å²) in [6.45, 7) is 0.340. The maximum atomic E-state index is 8.13. The lowest BCUT2D eigenvalue weighted by molar-refractivity contribution is 0.268. The van der Waals surface area contributed by atoms with Gasteiger partial charge in [-0.05, 0) is 0 Å². The van der Waals surface area contributed by atoms with Gasteiger partial charge >= 0.3 is 0 Å². The van der Waals surface area contributed by atoms with Gasteiger partial charge in [0, 0.05) is 12.6 Å². The zero-order valence-electron chi connectivity index (χ0n) is 4.41. The van der Waals surface area contributed by atoms with Crippen LogP contribution in [0.5, 0.6) is 0 Å². The molecule has 1 atom stereocenters. The first-order valence-electron chi connectivity index (χ1n) is 1.87. The molecule has 1 unspecified atom stereocenters. The average Bonchev–Trinajstić information content (AvgIpc) is 1.65. The second kappa shape index (κ2) is 10.4. The molecular weight excluding hydrogens is 151 g/mol. The molecule has 0 aliphatic rings. The van der Waals surface area contributed by atoms with Crippen LogP contribution in [-0.4, -0.2) is 24.3 Å². The van der Waals surface area contributed by atoms with Gasteiger partial charge in [0.2, 0.25) is 0 Å². The number of hydrogen-bond acceptors (Lipinski definition) is 3. The van der Waals surface area contributed by atoms with Crippen LogP contribution in [0.2, 0.25) is 0 Å². The second-order valence-corrected chi connectivity index (χ2v) is 1.18. The Hall–Kier alpha value is 0.460. The Bertz CT molecular complexity index is 34.5. The molecule has 0 aromatic carbocycles. The van der Waals surface area contributed by atoms with Crippen LogP contribution >= 0.6 is 24.8 Å². The first-order chi connectivity index (χ1) is 2.81. The van der Waals surface area contributed by atoms with Crippen LogP contribution in [0.15, 0.2) is 0 Å². The fraction of sp³-hybridized carbons (Fsp3) is 1.00. The van der Waals surface area contributed by atoms with Crippen LogP contribution in [0, 0.1) is 0 Å². The normalized spacial score (nSPS) is 10.9. The summed E-state index contributed by atoms with van der Waals surface area (Å²) in [7, 11) is 0. The molecule has 0 radical (unpaired) electrons. The third-order valence-electron chi connectivity index (χ3n) is 0.537. The summed E-state index contributed by atoms with van der Waals surface area (Å²) in [5.74, 6) is 0. The quantitative estimate of drug-likeness (QED) is 0.494. The van der Waals surface area contributed by atoms with Crippen molar-refractivity contribution in [1.29, 1.82) is 0 Å². The molecule has 0 fully saturated rings. The summed E-state index contributed by atoms with van der Waals surface area (Å²) >= 11 is 0. The number of nitrogens with two attached hydrogens (primary N) is 2. The highest BCUT2D eigenvalue weighted by molar-refractivity contribution is 5.85. The van der Waals surface area contributed by atoms with Crippen molar-refractivity contribution in [2.24, 2.45) is 11.5 Å². The van der Waals surface area contributed by atoms with Gasteiger partial charge in [-0.1, -0.05) is 0 Å². The van der Waals surface area contributed by atoms with Crippen molar-refractivity contribution in [1.82, 2.24) is 0 Å². The highest BCUT2D eigenvalue weighted by Crippen LogP contribution is 1.63. The second-order valence-electron chi connectivity index (χ2n) is 1.18. The first kappa shape index (κ1) is 15.8. The zero-order chi connectivity index (χ0) is 4.99. The van der Waals surface area contributed by atoms with Crippen molar-refractivity contribution in [3.63, 3.8) is 0 Å². The van der Waals surface area contributed by atoms with E-state index in [-0.39, 0.29) is 37.5 Å². The largest absolute Gasteiger partial charge is 0.395 e. The van der Waals surface area contributed by atoms with E-state index in [0.29, 0.717) is 6.54 Å². The lowest BCUT2D eigenvalue weighted by Crippen LogP contribution is -2.32. The molecule has 0 aromatic rings. The van der Waals surface area contributed by atoms with Crippen molar-refractivity contribution in [3.8, 4) is 0 Å². The average molecular weight is 163 g/mol. The van der Waals surface area contributed by atoms with Gasteiger partial charge in [-0.15, -0.1) is 24.8 Å². The highest BCUT2D eigenvalue weighted by Gasteiger charge is 1.90. The number of halogens is 2. The number of hydrogen-bond donors (Lipinski definition) is 3. The smallest absolute Gasteiger partial charge is 0.0594 e. The minimum absolute atomic E-state index is 0. The van der Waals surface area contributed by atoms with Crippen LogP contribution in [0.25, 0.3) is 0 Å². The number of aliphatic hydroxyl groups excluding tert-OH is 1. The lowest BCUT2D eigenvalue weighted by Gasteiger charge is -1.99. The summed E-state index contributed by atoms with van der Waals surface area (Å²) in [5.41, 5.74) is 10.1. The molecule has 0 amide bonds. The van der Waals surface area contributed by atoms with E-state index in [4.69, 9.17) is 16.6 Å². The van der Waals surface area contributed by atoms with E-state index in [1.807, 2.05) is 0 Å². The van der Waals surface area contributed by atoms with Crippen LogP contribution in [0.4, 0.5) is 0 Å². The highest BCUT2D eigenvalue weighted by atomic mass is 35.5. The van der Waals surface area contributed by atoms with Crippen LogP contribution in [-0.2, 0) is 0 Å². The van der Waals surface area contributed by atoms with E-state index in [1.54, 1.807) is 0 Å². The van der Waals surface area contributed by atoms with Crippen molar-refractivity contribution in [3.05, 3.63) is 0 Å². The molecule has 0 aliphatic carbocycles. The fourth-order valence-electron chi connectivity index (χ4n) is 0.0745. The van der Waals surface area contributed by atoms with E-state index < -0.39 is 0 Å². The minimum atomic E-state index is -0.231. The summed E-state index contributed by atoms with van der Waals surface area (Å²) < 4.78 is 0. The van der Waals surface area contributed by atoms with Gasteiger partial charge in [0.25, 0.3) is 0 Å². The number of aliphatic hydroxyl groups is 1. The van der Waals surface area contributed by atoms with Gasteiger partial charge in [0.1, 0.15) is 0 Å². The Morgan fingerprint density at radius 3 is 1.75 bits per heavy atom. The maximum absolute atomic E-state index is 8.13. The minimum Gasteiger partial charge on any atom is -0.395 e. The molecule has 3 nitrogen and oxygen atoms in total. The van der Waals surface area contributed by atoms with Gasteiger partial charge in [-0.3, -0.25) is 0 Å². The molecule has 0 aromatic heterocycles. The van der Waals surface area contributed by atoms with Gasteiger partial charge in [0.05, 0.1) is 6.61 Å². The molecular formula is C3H12Cl2N2O. The van der Waals surface area contributed by atoms with Crippen molar-refractivity contribution in [2.75, 3.05) is 13.2 Å². The third-order valence-corrected chi connectivity index (χ3v) is 0.537. The monoisotopic (exact) mass is 162 g/mol. The van der Waals surface area contributed by atoms with Gasteiger partial charge in [-0.2, -0.15) is 0 Å². The molecule has 5 N–H and O–H groups in total. The Morgan fingerprint density at radius 2 is 1.75 bits per heavy atom. The number of rotatable bonds is 2. The summed E-state index contributed by atoms with van der Waals surface area (Å²) in [5, 5.41) is 8.13. The summed E-state index contributed by atoms with van der Waals surface area (Å²) in [4.78, 5) is 0. The zero-order valence-corrected chi connectivity index (χ0v) is 6.04. The Kier molecular flexibility index (Phi) is 20.6. The predicted octanol–water partition coefficient (Wildman–Crippen LogP) is -0.892. The molecule has 0 heterocycles. The van der Waals surface area contributed by atoms with E-state index in [1.165, 1.54) is 0 Å². The van der Waals surface area contributed by atoms with Crippen LogP contribution < -0.4 is 11.5 Å². The van der Waals surface area contributed by atoms with Crippen molar-refractivity contribution in [2.45, 2.75) is 6.04 Å². The van der Waals surface area contributed by atoms with E-state index in [0.717, 1.165) is 0 Å². The third kappa shape index (κ3) is 9.68. The van der Waals surface area contributed by atoms with E-state index in [2.05, 4.69) is 0 Å². The van der Waals surface area contributed by atoms with Crippen molar-refractivity contribution >= 4 is 24.8 Å². The lowest BCUT2D eigenvalue weighted by atomic mass is 10.3. The van der Waals surface area contributed by atoms with E-state index >= 15 is 0 Å². The standard InChI is InChI=1S/C3H10N2O.2ClH/c4-1-3(5)2-6;;/h3,6H,1-2,4-5H2;2*1H. The Labute approximate surface area is 61.2 Å². The molecule has 54 valence electrons. The van der Waals surface area contributed by atoms with Gasteiger partial charge < -0.3 is 16.6 Å². The molecule has 5 heteroatoms. The maximum Gasteiger partial charge on any atom is 0.0594 e. The first-order valence-corrected chi connectivity index (χ1v) is 1.87. The molecule has 0 spiro atoms. The van der Waals surface area contributed by atoms with Crippen LogP contribution in [0.1, 0.15) is 0 Å². The Balaban J connectivity index is -0.000000125. The van der Waals surface area contributed by atoms with Gasteiger partial charge in [0.15, 0.2) is 0 Å². The SMILES string of the molecule is Cl.Cl.NCC(N)CO. The topological polar surface area (TPSA) is 72.3 Å². The molecule has 0 bridgehead atoms. The van der Waals surface area contributed by atoms with Gasteiger partial charge in [-0.25, -0.2) is 0 Å². The molecule has 0 rings (SSSR count). The fourth-order valence-corrected chi connectivity index (χ4v) is 0.0745. The Morgan fingerprint density at radius 1 is 1.38 bits per heavy atom. The van der Waals surface area contributed by atoms with Crippen LogP contribution in [0.3, 0.4) is 0 Å². The predicted molar refractivity (Wildman–Crippen MR) is 38.6 cm³/mol. The molecule has 0 saturated carbocycles. The molecule has 0 aliphatic heterocycles. The molecule has 8 heavy (non-hydrogen) atoms. The van der Waals surface area contributed by atoms with E-state index in [9.17, 15) is 0 Å². The summed E-state index contributed by atoms with van der Waals surface area (Å²) in [6.07, 6.45) is 0. The van der Waals surface area contributed by atoms with Crippen molar-refractivity contribution < 1.29 is 5.11 Å².